The molecule has 0 unspecified atom stereocenters. The summed E-state index contributed by atoms with van der Waals surface area (Å²) in [5.41, 5.74) is 16.3. The summed E-state index contributed by atoms with van der Waals surface area (Å²) in [6.45, 7) is 2.83. The average molecular weight is 344 g/mol. The molecule has 4 N–H and O–H groups in total. The molecule has 0 amide bonds. The maximum absolute atomic E-state index is 5.82. The molecule has 6 heteroatoms. The van der Waals surface area contributed by atoms with Gasteiger partial charge in [-0.2, -0.15) is 0 Å². The number of nitrogen functional groups attached to an aromatic ring is 2. The monoisotopic (exact) mass is 344 g/mol. The topological polar surface area (TPSA) is 95.6 Å². The highest BCUT2D eigenvalue weighted by Crippen LogP contribution is 2.24. The molecule has 0 fully saturated rings. The molecule has 0 atom stereocenters. The van der Waals surface area contributed by atoms with Gasteiger partial charge in [0.05, 0.1) is 5.69 Å². The SMILES string of the molecule is Cc1nc2ccc(-c3cc(N)nc(N)c3)nc2n1CCc1ccccc1. The van der Waals surface area contributed by atoms with E-state index in [-0.39, 0.29) is 0 Å². The van der Waals surface area contributed by atoms with Crippen LogP contribution in [0.1, 0.15) is 11.4 Å². The standard InChI is InChI=1S/C20H20N6/c1-13-23-17-8-7-16(15-11-18(21)25-19(22)12-15)24-20(17)26(13)10-9-14-5-3-2-4-6-14/h2-8,11-12H,9-10H2,1H3,(H4,21,22,25). The fourth-order valence-corrected chi connectivity index (χ4v) is 3.15. The van der Waals surface area contributed by atoms with Crippen molar-refractivity contribution in [2.75, 3.05) is 11.5 Å². The molecular formula is C20H20N6. The maximum atomic E-state index is 5.82. The Kier molecular flexibility index (Phi) is 4.01. The van der Waals surface area contributed by atoms with Gasteiger partial charge in [-0.1, -0.05) is 30.3 Å². The first kappa shape index (κ1) is 16.1. The van der Waals surface area contributed by atoms with Crippen LogP contribution in [0.25, 0.3) is 22.4 Å². The van der Waals surface area contributed by atoms with Gasteiger partial charge in [0.2, 0.25) is 0 Å². The lowest BCUT2D eigenvalue weighted by Crippen LogP contribution is -2.05. The lowest BCUT2D eigenvalue weighted by molar-refractivity contribution is 0.687. The van der Waals surface area contributed by atoms with Gasteiger partial charge in [-0.15, -0.1) is 0 Å². The molecule has 0 aliphatic heterocycles. The van der Waals surface area contributed by atoms with Crippen molar-refractivity contribution in [3.05, 3.63) is 66.0 Å². The average Bonchev–Trinajstić information content (AvgIpc) is 2.94. The molecule has 1 aromatic carbocycles. The van der Waals surface area contributed by atoms with Gasteiger partial charge in [0.1, 0.15) is 23.0 Å². The van der Waals surface area contributed by atoms with Crippen molar-refractivity contribution in [1.29, 1.82) is 0 Å². The molecule has 26 heavy (non-hydrogen) atoms. The first-order valence-electron chi connectivity index (χ1n) is 8.51. The van der Waals surface area contributed by atoms with E-state index >= 15 is 0 Å². The van der Waals surface area contributed by atoms with Crippen molar-refractivity contribution < 1.29 is 0 Å². The number of aryl methyl sites for hydroxylation is 3. The molecule has 3 heterocycles. The minimum absolute atomic E-state index is 0.385. The highest BCUT2D eigenvalue weighted by atomic mass is 15.1. The van der Waals surface area contributed by atoms with Gasteiger partial charge >= 0.3 is 0 Å². The summed E-state index contributed by atoms with van der Waals surface area (Å²) in [6, 6.07) is 17.9. The molecule has 4 aromatic rings. The molecule has 0 saturated heterocycles. The van der Waals surface area contributed by atoms with Crippen LogP contribution in [0.2, 0.25) is 0 Å². The van der Waals surface area contributed by atoms with Crippen molar-refractivity contribution in [2.24, 2.45) is 0 Å². The first-order chi connectivity index (χ1) is 12.6. The number of nitrogens with zero attached hydrogens (tertiary/aromatic N) is 4. The van der Waals surface area contributed by atoms with E-state index in [1.54, 1.807) is 12.1 Å². The Balaban J connectivity index is 1.72. The Morgan fingerprint density at radius 2 is 1.62 bits per heavy atom. The predicted octanol–water partition coefficient (Wildman–Crippen LogP) is 3.21. The molecule has 0 aliphatic rings. The van der Waals surface area contributed by atoms with Gasteiger partial charge < -0.3 is 16.0 Å². The molecule has 6 nitrogen and oxygen atoms in total. The summed E-state index contributed by atoms with van der Waals surface area (Å²) in [4.78, 5) is 13.5. The molecular weight excluding hydrogens is 324 g/mol. The van der Waals surface area contributed by atoms with Crippen molar-refractivity contribution in [2.45, 2.75) is 19.9 Å². The number of nitrogens with two attached hydrogens (primary N) is 2. The van der Waals surface area contributed by atoms with E-state index in [0.29, 0.717) is 11.6 Å². The van der Waals surface area contributed by atoms with Gasteiger partial charge in [-0.3, -0.25) is 0 Å². The van der Waals surface area contributed by atoms with E-state index < -0.39 is 0 Å². The molecule has 0 aliphatic carbocycles. The van der Waals surface area contributed by atoms with Gasteiger partial charge in [-0.05, 0) is 43.2 Å². The third-order valence-electron chi connectivity index (χ3n) is 4.41. The third-order valence-corrected chi connectivity index (χ3v) is 4.41. The zero-order valence-corrected chi connectivity index (χ0v) is 14.6. The Bertz CT molecular complexity index is 1050. The van der Waals surface area contributed by atoms with Gasteiger partial charge in [0.25, 0.3) is 0 Å². The number of benzene rings is 1. The smallest absolute Gasteiger partial charge is 0.160 e. The van der Waals surface area contributed by atoms with Gasteiger partial charge in [-0.25, -0.2) is 15.0 Å². The van der Waals surface area contributed by atoms with Crippen LogP contribution < -0.4 is 11.5 Å². The number of hydrogen-bond donors (Lipinski definition) is 2. The first-order valence-corrected chi connectivity index (χ1v) is 8.51. The normalized spacial score (nSPS) is 11.1. The van der Waals surface area contributed by atoms with Crippen LogP contribution in [0, 0.1) is 6.92 Å². The summed E-state index contributed by atoms with van der Waals surface area (Å²) in [5.74, 6) is 1.72. The van der Waals surface area contributed by atoms with Crippen LogP contribution in [0.4, 0.5) is 11.6 Å². The fraction of sp³-hybridized carbons (Fsp3) is 0.150. The minimum atomic E-state index is 0.385. The number of imidazole rings is 1. The summed E-state index contributed by atoms with van der Waals surface area (Å²) in [6.07, 6.45) is 0.925. The molecule has 4 rings (SSSR count). The lowest BCUT2D eigenvalue weighted by atomic mass is 10.1. The second-order valence-electron chi connectivity index (χ2n) is 6.29. The summed E-state index contributed by atoms with van der Waals surface area (Å²) in [5, 5.41) is 0. The summed E-state index contributed by atoms with van der Waals surface area (Å²) >= 11 is 0. The second kappa shape index (κ2) is 6.48. The molecule has 0 bridgehead atoms. The van der Waals surface area contributed by atoms with Crippen LogP contribution in [0.3, 0.4) is 0 Å². The number of aromatic nitrogens is 4. The molecule has 0 spiro atoms. The van der Waals surface area contributed by atoms with E-state index in [1.807, 2.05) is 25.1 Å². The van der Waals surface area contributed by atoms with Crippen molar-refractivity contribution in [3.8, 4) is 11.3 Å². The predicted molar refractivity (Wildman–Crippen MR) is 104 cm³/mol. The highest BCUT2D eigenvalue weighted by Gasteiger charge is 2.11. The zero-order valence-electron chi connectivity index (χ0n) is 14.6. The van der Waals surface area contributed by atoms with Crippen LogP contribution in [-0.4, -0.2) is 19.5 Å². The van der Waals surface area contributed by atoms with E-state index in [1.165, 1.54) is 5.56 Å². The minimum Gasteiger partial charge on any atom is -0.384 e. The third kappa shape index (κ3) is 3.09. The number of anilines is 2. The number of fused-ring (bicyclic) bond motifs is 1. The molecule has 0 saturated carbocycles. The van der Waals surface area contributed by atoms with E-state index in [2.05, 4.69) is 38.8 Å². The van der Waals surface area contributed by atoms with E-state index in [0.717, 1.165) is 41.2 Å². The molecule has 3 aromatic heterocycles. The molecule has 130 valence electrons. The maximum Gasteiger partial charge on any atom is 0.160 e. The van der Waals surface area contributed by atoms with E-state index in [4.69, 9.17) is 16.5 Å². The van der Waals surface area contributed by atoms with Crippen LogP contribution in [0.15, 0.2) is 54.6 Å². The van der Waals surface area contributed by atoms with Crippen molar-refractivity contribution in [3.63, 3.8) is 0 Å². The van der Waals surface area contributed by atoms with Crippen molar-refractivity contribution >= 4 is 22.8 Å². The number of pyridine rings is 2. The highest BCUT2D eigenvalue weighted by molar-refractivity contribution is 5.77. The summed E-state index contributed by atoms with van der Waals surface area (Å²) in [7, 11) is 0. The lowest BCUT2D eigenvalue weighted by Gasteiger charge is -2.08. The summed E-state index contributed by atoms with van der Waals surface area (Å²) < 4.78 is 2.15. The largest absolute Gasteiger partial charge is 0.384 e. The Morgan fingerprint density at radius 3 is 2.35 bits per heavy atom. The Labute approximate surface area is 151 Å². The zero-order chi connectivity index (χ0) is 18.1. The quantitative estimate of drug-likeness (QED) is 0.593. The van der Waals surface area contributed by atoms with Crippen molar-refractivity contribution in [1.82, 2.24) is 19.5 Å². The number of rotatable bonds is 4. The second-order valence-corrected chi connectivity index (χ2v) is 6.29. The Morgan fingerprint density at radius 1 is 0.885 bits per heavy atom. The van der Waals surface area contributed by atoms with Gasteiger partial charge in [0.15, 0.2) is 5.65 Å². The van der Waals surface area contributed by atoms with Crippen LogP contribution in [-0.2, 0) is 13.0 Å². The Hall–Kier alpha value is -3.41. The number of hydrogen-bond acceptors (Lipinski definition) is 5. The van der Waals surface area contributed by atoms with E-state index in [9.17, 15) is 0 Å². The van der Waals surface area contributed by atoms with Gasteiger partial charge in [0, 0.05) is 12.1 Å². The van der Waals surface area contributed by atoms with Crippen LogP contribution in [0.5, 0.6) is 0 Å². The molecule has 0 radical (unpaired) electrons. The van der Waals surface area contributed by atoms with Crippen LogP contribution >= 0.6 is 0 Å². The fourth-order valence-electron chi connectivity index (χ4n) is 3.15.